The monoisotopic (exact) mass is 215 g/mol. The molecule has 1 amide bonds. The van der Waals surface area contributed by atoms with Gasteiger partial charge in [0.15, 0.2) is 0 Å². The van der Waals surface area contributed by atoms with Crippen molar-refractivity contribution in [1.82, 2.24) is 5.32 Å². The summed E-state index contributed by atoms with van der Waals surface area (Å²) in [5, 5.41) is 2.96. The molecule has 0 spiro atoms. The molecule has 16 heavy (non-hydrogen) atoms. The van der Waals surface area contributed by atoms with Crippen LogP contribution in [0.5, 0.6) is 0 Å². The van der Waals surface area contributed by atoms with E-state index < -0.39 is 0 Å². The Morgan fingerprint density at radius 1 is 1.38 bits per heavy atom. The first kappa shape index (κ1) is 10.9. The topological polar surface area (TPSA) is 29.1 Å². The molecule has 0 aliphatic heterocycles. The lowest BCUT2D eigenvalue weighted by Crippen LogP contribution is -2.27. The highest BCUT2D eigenvalue weighted by molar-refractivity contribution is 5.78. The Bertz CT molecular complexity index is 376. The second-order valence-electron chi connectivity index (χ2n) is 4.37. The number of rotatable bonds is 5. The molecule has 0 heterocycles. The maximum Gasteiger partial charge on any atom is 0.224 e. The van der Waals surface area contributed by atoms with Gasteiger partial charge in [-0.3, -0.25) is 4.79 Å². The van der Waals surface area contributed by atoms with Gasteiger partial charge in [0.1, 0.15) is 0 Å². The molecule has 1 aliphatic rings. The van der Waals surface area contributed by atoms with Crippen molar-refractivity contribution < 1.29 is 4.79 Å². The molecule has 0 unspecified atom stereocenters. The van der Waals surface area contributed by atoms with Crippen molar-refractivity contribution in [3.63, 3.8) is 0 Å². The van der Waals surface area contributed by atoms with Crippen LogP contribution in [0.15, 0.2) is 30.8 Å². The van der Waals surface area contributed by atoms with E-state index in [1.807, 2.05) is 24.3 Å². The minimum absolute atomic E-state index is 0.123. The number of carbonyl (C=O) groups excluding carboxylic acids is 1. The maximum absolute atomic E-state index is 11.6. The van der Waals surface area contributed by atoms with E-state index in [1.54, 1.807) is 6.08 Å². The Morgan fingerprint density at radius 3 is 2.62 bits per heavy atom. The third kappa shape index (κ3) is 3.23. The van der Waals surface area contributed by atoms with Crippen LogP contribution in [0, 0.1) is 5.92 Å². The first-order valence-corrected chi connectivity index (χ1v) is 5.76. The molecular formula is C14H17NO. The van der Waals surface area contributed by atoms with Gasteiger partial charge < -0.3 is 5.32 Å². The van der Waals surface area contributed by atoms with E-state index in [1.165, 1.54) is 12.8 Å². The van der Waals surface area contributed by atoms with Crippen molar-refractivity contribution in [2.24, 2.45) is 5.92 Å². The molecule has 0 atom stereocenters. The van der Waals surface area contributed by atoms with Crippen LogP contribution in [-0.4, -0.2) is 12.5 Å². The van der Waals surface area contributed by atoms with Gasteiger partial charge in [-0.2, -0.15) is 0 Å². The van der Waals surface area contributed by atoms with Gasteiger partial charge in [0.25, 0.3) is 0 Å². The van der Waals surface area contributed by atoms with Gasteiger partial charge >= 0.3 is 0 Å². The van der Waals surface area contributed by atoms with Crippen LogP contribution in [0.4, 0.5) is 0 Å². The average Bonchev–Trinajstić information content (AvgIpc) is 3.11. The fourth-order valence-corrected chi connectivity index (χ4v) is 1.60. The van der Waals surface area contributed by atoms with Crippen molar-refractivity contribution in [2.45, 2.75) is 19.3 Å². The van der Waals surface area contributed by atoms with Gasteiger partial charge in [-0.1, -0.05) is 36.9 Å². The number of nitrogens with one attached hydrogen (secondary N) is 1. The van der Waals surface area contributed by atoms with Gasteiger partial charge in [-0.15, -0.1) is 0 Å². The zero-order valence-electron chi connectivity index (χ0n) is 9.41. The largest absolute Gasteiger partial charge is 0.356 e. The minimum atomic E-state index is 0.123. The average molecular weight is 215 g/mol. The summed E-state index contributed by atoms with van der Waals surface area (Å²) in [4.78, 5) is 11.6. The lowest BCUT2D eigenvalue weighted by atomic mass is 10.1. The molecule has 2 nitrogen and oxygen atoms in total. The molecule has 0 aromatic heterocycles. The van der Waals surface area contributed by atoms with Gasteiger partial charge in [0, 0.05) is 6.54 Å². The molecule has 0 bridgehead atoms. The van der Waals surface area contributed by atoms with Crippen LogP contribution in [0.3, 0.4) is 0 Å². The highest BCUT2D eigenvalue weighted by Gasteiger charge is 2.21. The number of benzene rings is 1. The van der Waals surface area contributed by atoms with E-state index in [0.29, 0.717) is 6.42 Å². The Labute approximate surface area is 96.4 Å². The molecule has 1 N–H and O–H groups in total. The maximum atomic E-state index is 11.6. The summed E-state index contributed by atoms with van der Waals surface area (Å²) in [6.07, 6.45) is 4.82. The van der Waals surface area contributed by atoms with Gasteiger partial charge in [0.05, 0.1) is 6.42 Å². The molecule has 1 saturated carbocycles. The molecule has 1 aromatic rings. The van der Waals surface area contributed by atoms with Crippen LogP contribution < -0.4 is 5.32 Å². The Hall–Kier alpha value is -1.57. The molecule has 1 aliphatic carbocycles. The van der Waals surface area contributed by atoms with E-state index in [2.05, 4.69) is 11.9 Å². The minimum Gasteiger partial charge on any atom is -0.356 e. The van der Waals surface area contributed by atoms with Crippen molar-refractivity contribution >= 4 is 12.0 Å². The summed E-state index contributed by atoms with van der Waals surface area (Å²) in [5.41, 5.74) is 2.14. The molecule has 2 heteroatoms. The standard InChI is InChI=1S/C14H17NO/c1-2-11-3-5-12(6-4-11)9-14(16)15-10-13-7-8-13/h2-6,13H,1,7-10H2,(H,15,16). The van der Waals surface area contributed by atoms with Crippen molar-refractivity contribution in [3.05, 3.63) is 42.0 Å². The predicted octanol–water partition coefficient (Wildman–Crippen LogP) is 2.40. The molecule has 84 valence electrons. The normalized spacial score (nSPS) is 14.5. The molecule has 1 fully saturated rings. The smallest absolute Gasteiger partial charge is 0.224 e. The molecular weight excluding hydrogens is 198 g/mol. The van der Waals surface area contributed by atoms with Gasteiger partial charge in [-0.05, 0) is 29.9 Å². The van der Waals surface area contributed by atoms with Crippen LogP contribution in [-0.2, 0) is 11.2 Å². The van der Waals surface area contributed by atoms with Gasteiger partial charge in [-0.25, -0.2) is 0 Å². The van der Waals surface area contributed by atoms with Crippen molar-refractivity contribution in [3.8, 4) is 0 Å². The Morgan fingerprint density at radius 2 is 2.06 bits per heavy atom. The summed E-state index contributed by atoms with van der Waals surface area (Å²) in [6, 6.07) is 7.93. The molecule has 0 radical (unpaired) electrons. The summed E-state index contributed by atoms with van der Waals surface area (Å²) in [6.45, 7) is 4.55. The van der Waals surface area contributed by atoms with Crippen molar-refractivity contribution in [1.29, 1.82) is 0 Å². The zero-order chi connectivity index (χ0) is 11.4. The van der Waals surface area contributed by atoms with E-state index in [-0.39, 0.29) is 5.91 Å². The molecule has 1 aromatic carbocycles. The highest BCUT2D eigenvalue weighted by atomic mass is 16.1. The molecule has 0 saturated heterocycles. The first-order valence-electron chi connectivity index (χ1n) is 5.76. The van der Waals surface area contributed by atoms with Crippen molar-refractivity contribution in [2.75, 3.05) is 6.54 Å². The fraction of sp³-hybridized carbons (Fsp3) is 0.357. The summed E-state index contributed by atoms with van der Waals surface area (Å²) in [7, 11) is 0. The third-order valence-electron chi connectivity index (χ3n) is 2.86. The predicted molar refractivity (Wildman–Crippen MR) is 66.0 cm³/mol. The van der Waals surface area contributed by atoms with Crippen LogP contribution in [0.2, 0.25) is 0 Å². The summed E-state index contributed by atoms with van der Waals surface area (Å²) >= 11 is 0. The lowest BCUT2D eigenvalue weighted by molar-refractivity contribution is -0.120. The summed E-state index contributed by atoms with van der Waals surface area (Å²) in [5.74, 6) is 0.866. The Kier molecular flexibility index (Phi) is 3.40. The van der Waals surface area contributed by atoms with Gasteiger partial charge in [0.2, 0.25) is 5.91 Å². The number of amides is 1. The SMILES string of the molecule is C=Cc1ccc(CC(=O)NCC2CC2)cc1. The second kappa shape index (κ2) is 4.97. The lowest BCUT2D eigenvalue weighted by Gasteiger charge is -2.04. The highest BCUT2D eigenvalue weighted by Crippen LogP contribution is 2.27. The second-order valence-corrected chi connectivity index (χ2v) is 4.37. The van der Waals surface area contributed by atoms with Crippen LogP contribution in [0.25, 0.3) is 6.08 Å². The number of hydrogen-bond acceptors (Lipinski definition) is 1. The quantitative estimate of drug-likeness (QED) is 0.803. The zero-order valence-corrected chi connectivity index (χ0v) is 9.41. The summed E-state index contributed by atoms with van der Waals surface area (Å²) < 4.78 is 0. The third-order valence-corrected chi connectivity index (χ3v) is 2.86. The van der Waals surface area contributed by atoms with E-state index in [4.69, 9.17) is 0 Å². The van der Waals surface area contributed by atoms with Crippen LogP contribution >= 0.6 is 0 Å². The first-order chi connectivity index (χ1) is 7.78. The molecule has 2 rings (SSSR count). The van der Waals surface area contributed by atoms with Crippen LogP contribution in [0.1, 0.15) is 24.0 Å². The van der Waals surface area contributed by atoms with E-state index >= 15 is 0 Å². The van der Waals surface area contributed by atoms with E-state index in [9.17, 15) is 4.79 Å². The fourth-order valence-electron chi connectivity index (χ4n) is 1.60. The van der Waals surface area contributed by atoms with E-state index in [0.717, 1.165) is 23.6 Å². The Balaban J connectivity index is 1.81. The number of carbonyl (C=O) groups is 1. The number of hydrogen-bond donors (Lipinski definition) is 1.